The van der Waals surface area contributed by atoms with Crippen LogP contribution in [0.5, 0.6) is 5.75 Å². The van der Waals surface area contributed by atoms with Crippen LogP contribution in [0.25, 0.3) is 5.70 Å². The molecule has 6 heteroatoms. The molecule has 0 aliphatic carbocycles. The van der Waals surface area contributed by atoms with E-state index in [9.17, 15) is 9.59 Å². The highest BCUT2D eigenvalue weighted by Gasteiger charge is 2.27. The fourth-order valence-corrected chi connectivity index (χ4v) is 2.40. The van der Waals surface area contributed by atoms with Crippen molar-refractivity contribution in [3.8, 4) is 5.75 Å². The number of hydrogen-bond donors (Lipinski definition) is 1. The Kier molecular flexibility index (Phi) is 7.43. The minimum atomic E-state index is -0.740. The fraction of sp³-hybridized carbons (Fsp3) is 0.238. The van der Waals surface area contributed by atoms with E-state index < -0.39 is 11.9 Å². The first-order valence-corrected chi connectivity index (χ1v) is 8.65. The molecular formula is C21H23NO5. The highest BCUT2D eigenvalue weighted by molar-refractivity contribution is 6.21. The summed E-state index contributed by atoms with van der Waals surface area (Å²) in [4.78, 5) is 25.0. The van der Waals surface area contributed by atoms with E-state index in [-0.39, 0.29) is 18.8 Å². The Labute approximate surface area is 158 Å². The Hall–Kier alpha value is -3.28. The zero-order chi connectivity index (χ0) is 19.6. The third-order valence-electron chi connectivity index (χ3n) is 3.63. The third-order valence-corrected chi connectivity index (χ3v) is 3.63. The molecule has 2 rings (SSSR count). The number of carbonyl (C=O) groups is 2. The zero-order valence-electron chi connectivity index (χ0n) is 15.7. The molecule has 6 nitrogen and oxygen atoms in total. The zero-order valence-corrected chi connectivity index (χ0v) is 15.7. The van der Waals surface area contributed by atoms with Crippen molar-refractivity contribution < 1.29 is 23.8 Å². The average molecular weight is 369 g/mol. The van der Waals surface area contributed by atoms with Gasteiger partial charge in [0.05, 0.1) is 26.0 Å². The molecule has 0 radical (unpaired) electrons. The lowest BCUT2D eigenvalue weighted by atomic mass is 10.1. The van der Waals surface area contributed by atoms with E-state index in [1.165, 1.54) is 0 Å². The van der Waals surface area contributed by atoms with Gasteiger partial charge >= 0.3 is 11.9 Å². The summed E-state index contributed by atoms with van der Waals surface area (Å²) in [7, 11) is 1.58. The normalized spacial score (nSPS) is 9.89. The van der Waals surface area contributed by atoms with Crippen LogP contribution in [0.1, 0.15) is 19.4 Å². The summed E-state index contributed by atoms with van der Waals surface area (Å²) >= 11 is 0. The van der Waals surface area contributed by atoms with Gasteiger partial charge in [-0.3, -0.25) is 0 Å². The van der Waals surface area contributed by atoms with Gasteiger partial charge in [0.1, 0.15) is 5.75 Å². The van der Waals surface area contributed by atoms with Crippen LogP contribution in [0.15, 0.2) is 60.2 Å². The van der Waals surface area contributed by atoms with E-state index in [0.717, 1.165) is 0 Å². The number of ether oxygens (including phenoxy) is 3. The molecule has 0 amide bonds. The summed E-state index contributed by atoms with van der Waals surface area (Å²) in [6, 6.07) is 16.2. The van der Waals surface area contributed by atoms with Crippen molar-refractivity contribution in [1.29, 1.82) is 0 Å². The van der Waals surface area contributed by atoms with Gasteiger partial charge < -0.3 is 19.5 Å². The van der Waals surface area contributed by atoms with Gasteiger partial charge in [0.25, 0.3) is 0 Å². The molecule has 0 aliphatic heterocycles. The van der Waals surface area contributed by atoms with Crippen molar-refractivity contribution in [3.05, 3.63) is 65.7 Å². The van der Waals surface area contributed by atoms with E-state index in [1.807, 2.05) is 18.2 Å². The van der Waals surface area contributed by atoms with Gasteiger partial charge in [-0.25, -0.2) is 9.59 Å². The van der Waals surface area contributed by atoms with E-state index in [2.05, 4.69) is 5.32 Å². The fourth-order valence-electron chi connectivity index (χ4n) is 2.40. The summed E-state index contributed by atoms with van der Waals surface area (Å²) < 4.78 is 15.3. The first-order valence-electron chi connectivity index (χ1n) is 8.65. The number of benzene rings is 2. The number of esters is 2. The number of hydrogen-bond acceptors (Lipinski definition) is 6. The summed E-state index contributed by atoms with van der Waals surface area (Å²) in [5.74, 6) is -0.784. The second-order valence-corrected chi connectivity index (χ2v) is 5.41. The van der Waals surface area contributed by atoms with Crippen molar-refractivity contribution in [2.75, 3.05) is 25.6 Å². The summed E-state index contributed by atoms with van der Waals surface area (Å²) in [5.41, 5.74) is 1.48. The minimum Gasteiger partial charge on any atom is -0.497 e. The molecule has 0 spiro atoms. The number of methoxy groups -OCH3 is 1. The molecule has 0 atom stereocenters. The van der Waals surface area contributed by atoms with Crippen molar-refractivity contribution in [3.63, 3.8) is 0 Å². The number of carbonyl (C=O) groups excluding carboxylic acids is 2. The van der Waals surface area contributed by atoms with Crippen LogP contribution in [0.2, 0.25) is 0 Å². The van der Waals surface area contributed by atoms with Gasteiger partial charge in [0.2, 0.25) is 0 Å². The van der Waals surface area contributed by atoms with E-state index in [1.54, 1.807) is 57.4 Å². The monoisotopic (exact) mass is 369 g/mol. The van der Waals surface area contributed by atoms with Crippen molar-refractivity contribution in [2.45, 2.75) is 13.8 Å². The molecule has 2 aromatic carbocycles. The highest BCUT2D eigenvalue weighted by Crippen LogP contribution is 2.25. The van der Waals surface area contributed by atoms with Crippen LogP contribution in [-0.2, 0) is 19.1 Å². The molecule has 0 fully saturated rings. The maximum Gasteiger partial charge on any atom is 0.347 e. The maximum atomic E-state index is 12.5. The first-order chi connectivity index (χ1) is 13.1. The first kappa shape index (κ1) is 20.0. The Morgan fingerprint density at radius 3 is 1.89 bits per heavy atom. The van der Waals surface area contributed by atoms with Crippen LogP contribution in [0, 0.1) is 0 Å². The van der Waals surface area contributed by atoms with E-state index >= 15 is 0 Å². The molecule has 0 aromatic heterocycles. The summed E-state index contributed by atoms with van der Waals surface area (Å²) in [6.07, 6.45) is 0. The molecule has 0 heterocycles. The molecule has 0 bridgehead atoms. The smallest absolute Gasteiger partial charge is 0.347 e. The molecule has 0 aliphatic rings. The van der Waals surface area contributed by atoms with Crippen LogP contribution in [0.3, 0.4) is 0 Å². The summed E-state index contributed by atoms with van der Waals surface area (Å²) in [6.45, 7) is 3.65. The number of rotatable bonds is 8. The van der Waals surface area contributed by atoms with Crippen LogP contribution >= 0.6 is 0 Å². The van der Waals surface area contributed by atoms with Crippen LogP contribution < -0.4 is 10.1 Å². The van der Waals surface area contributed by atoms with Gasteiger partial charge in [-0.2, -0.15) is 0 Å². The lowest BCUT2D eigenvalue weighted by Crippen LogP contribution is -2.22. The number of nitrogens with one attached hydrogen (secondary N) is 1. The van der Waals surface area contributed by atoms with Crippen molar-refractivity contribution in [2.24, 2.45) is 0 Å². The Balaban J connectivity index is 2.56. The standard InChI is InChI=1S/C21H23NO5/c1-4-26-20(23)18(21(24)27-5-2)19(15-9-7-6-8-10-15)22-16-11-13-17(25-3)14-12-16/h6-14,22H,4-5H2,1-3H3. The lowest BCUT2D eigenvalue weighted by molar-refractivity contribution is -0.146. The predicted octanol–water partition coefficient (Wildman–Crippen LogP) is 3.64. The predicted molar refractivity (Wildman–Crippen MR) is 103 cm³/mol. The topological polar surface area (TPSA) is 73.9 Å². The molecule has 142 valence electrons. The average Bonchev–Trinajstić information content (AvgIpc) is 2.69. The number of anilines is 1. The van der Waals surface area contributed by atoms with Crippen molar-refractivity contribution in [1.82, 2.24) is 0 Å². The van der Waals surface area contributed by atoms with Gasteiger partial charge in [0, 0.05) is 5.69 Å². The van der Waals surface area contributed by atoms with Crippen LogP contribution in [-0.4, -0.2) is 32.3 Å². The second-order valence-electron chi connectivity index (χ2n) is 5.41. The van der Waals surface area contributed by atoms with Gasteiger partial charge in [-0.15, -0.1) is 0 Å². The molecule has 0 unspecified atom stereocenters. The Morgan fingerprint density at radius 2 is 1.41 bits per heavy atom. The van der Waals surface area contributed by atoms with Gasteiger partial charge in [-0.1, -0.05) is 30.3 Å². The van der Waals surface area contributed by atoms with Gasteiger partial charge in [-0.05, 0) is 43.7 Å². The Bertz CT molecular complexity index is 777. The van der Waals surface area contributed by atoms with E-state index in [0.29, 0.717) is 22.7 Å². The second kappa shape index (κ2) is 10.0. The Morgan fingerprint density at radius 1 is 0.852 bits per heavy atom. The van der Waals surface area contributed by atoms with E-state index in [4.69, 9.17) is 14.2 Å². The third kappa shape index (κ3) is 5.34. The molecule has 0 saturated heterocycles. The lowest BCUT2D eigenvalue weighted by Gasteiger charge is -2.16. The van der Waals surface area contributed by atoms with Crippen molar-refractivity contribution >= 4 is 23.3 Å². The maximum absolute atomic E-state index is 12.5. The SMILES string of the molecule is CCOC(=O)C(C(=O)OCC)=C(Nc1ccc(OC)cc1)c1ccccc1. The van der Waals surface area contributed by atoms with Crippen LogP contribution in [0.4, 0.5) is 5.69 Å². The highest BCUT2D eigenvalue weighted by atomic mass is 16.6. The summed E-state index contributed by atoms with van der Waals surface area (Å²) in [5, 5.41) is 3.15. The quantitative estimate of drug-likeness (QED) is 0.331. The minimum absolute atomic E-state index is 0.145. The molecule has 0 saturated carbocycles. The molecule has 2 aromatic rings. The molecular weight excluding hydrogens is 346 g/mol. The molecule has 27 heavy (non-hydrogen) atoms. The largest absolute Gasteiger partial charge is 0.497 e. The molecule has 1 N–H and O–H groups in total. The van der Waals surface area contributed by atoms with Gasteiger partial charge in [0.15, 0.2) is 5.57 Å².